The Kier molecular flexibility index (Phi) is 4.86. The van der Waals surface area contributed by atoms with Gasteiger partial charge in [0.05, 0.1) is 11.2 Å². The molecule has 1 saturated carbocycles. The lowest BCUT2D eigenvalue weighted by molar-refractivity contribution is 0.262. The first kappa shape index (κ1) is 14.0. The summed E-state index contributed by atoms with van der Waals surface area (Å²) in [7, 11) is 0. The van der Waals surface area contributed by atoms with Crippen LogP contribution in [0.15, 0.2) is 11.0 Å². The summed E-state index contributed by atoms with van der Waals surface area (Å²) in [6.07, 6.45) is 5.86. The van der Waals surface area contributed by atoms with E-state index in [4.69, 9.17) is 11.6 Å². The summed E-state index contributed by atoms with van der Waals surface area (Å²) in [6.45, 7) is 3.10. The van der Waals surface area contributed by atoms with Gasteiger partial charge in [0.2, 0.25) is 0 Å². The van der Waals surface area contributed by atoms with Crippen molar-refractivity contribution in [2.45, 2.75) is 39.2 Å². The first-order valence-corrected chi connectivity index (χ1v) is 6.99. The number of aromatic nitrogens is 2. The monoisotopic (exact) mass is 279 g/mol. The highest BCUT2D eigenvalue weighted by Gasteiger charge is 2.20. The number of halogens is 1. The summed E-state index contributed by atoms with van der Waals surface area (Å²) in [6, 6.07) is 0. The van der Waals surface area contributed by atoms with Crippen molar-refractivity contribution in [3.63, 3.8) is 0 Å². The molecular formula is C14H18ClN3O. The molecule has 1 aliphatic rings. The molecule has 1 aliphatic carbocycles. The van der Waals surface area contributed by atoms with Crippen LogP contribution in [-0.2, 0) is 6.54 Å². The van der Waals surface area contributed by atoms with E-state index in [0.717, 1.165) is 0 Å². The number of nitrogens with one attached hydrogen (secondary N) is 1. The molecule has 0 atom stereocenters. The molecule has 0 unspecified atom stereocenters. The Hall–Kier alpha value is -1.47. The van der Waals surface area contributed by atoms with E-state index in [1.54, 1.807) is 6.92 Å². The van der Waals surface area contributed by atoms with Crippen molar-refractivity contribution >= 4 is 17.3 Å². The number of hydrogen-bond acceptors (Lipinski definition) is 3. The van der Waals surface area contributed by atoms with Crippen LogP contribution in [0, 0.1) is 17.8 Å². The normalized spacial score (nSPS) is 14.4. The lowest BCUT2D eigenvalue weighted by Gasteiger charge is -2.25. The average molecular weight is 280 g/mol. The smallest absolute Gasteiger partial charge is 0.291 e. The van der Waals surface area contributed by atoms with E-state index in [2.05, 4.69) is 22.3 Å². The Balaban J connectivity index is 2.08. The second-order valence-electron chi connectivity index (χ2n) is 4.76. The van der Waals surface area contributed by atoms with Crippen LogP contribution in [0.2, 0.25) is 5.02 Å². The maximum Gasteiger partial charge on any atom is 0.291 e. The molecule has 1 heterocycles. The molecule has 0 aromatic carbocycles. The molecule has 0 radical (unpaired) electrons. The zero-order chi connectivity index (χ0) is 13.7. The fraction of sp³-hybridized carbons (Fsp3) is 0.571. The van der Waals surface area contributed by atoms with Crippen molar-refractivity contribution in [3.05, 3.63) is 21.6 Å². The largest absolute Gasteiger partial charge is 0.378 e. The first-order chi connectivity index (χ1) is 9.22. The summed E-state index contributed by atoms with van der Waals surface area (Å²) in [5, 5.41) is 7.54. The fourth-order valence-corrected chi connectivity index (χ4v) is 2.24. The standard InChI is InChI=1S/C14H18ClN3O/c1-2-3-4-8-16-13-12(15)9-17-18(14(13)19)10-11-6-5-7-11/h9,11,16H,4-8,10H2,1H3. The molecular weight excluding hydrogens is 262 g/mol. The van der Waals surface area contributed by atoms with Crippen molar-refractivity contribution in [1.82, 2.24) is 9.78 Å². The van der Waals surface area contributed by atoms with Gasteiger partial charge in [-0.2, -0.15) is 5.10 Å². The lowest BCUT2D eigenvalue weighted by Crippen LogP contribution is -2.31. The molecule has 1 aromatic heterocycles. The minimum Gasteiger partial charge on any atom is -0.378 e. The summed E-state index contributed by atoms with van der Waals surface area (Å²) >= 11 is 6.02. The van der Waals surface area contributed by atoms with Crippen molar-refractivity contribution in [1.29, 1.82) is 0 Å². The topological polar surface area (TPSA) is 46.9 Å². The highest BCUT2D eigenvalue weighted by atomic mass is 35.5. The van der Waals surface area contributed by atoms with Gasteiger partial charge < -0.3 is 5.32 Å². The van der Waals surface area contributed by atoms with Gasteiger partial charge in [-0.3, -0.25) is 4.79 Å². The SMILES string of the molecule is CC#CCCNc1c(Cl)cnn(CC2CCC2)c1=O. The minimum absolute atomic E-state index is 0.135. The number of anilines is 1. The predicted octanol–water partition coefficient (Wildman–Crippen LogP) is 2.52. The van der Waals surface area contributed by atoms with Crippen LogP contribution in [0.1, 0.15) is 32.6 Å². The first-order valence-electron chi connectivity index (χ1n) is 6.61. The van der Waals surface area contributed by atoms with Crippen LogP contribution in [0.5, 0.6) is 0 Å². The molecule has 1 aromatic rings. The van der Waals surface area contributed by atoms with Gasteiger partial charge in [-0.25, -0.2) is 4.68 Å². The van der Waals surface area contributed by atoms with Gasteiger partial charge in [-0.05, 0) is 25.7 Å². The van der Waals surface area contributed by atoms with E-state index in [0.29, 0.717) is 36.1 Å². The zero-order valence-corrected chi connectivity index (χ0v) is 11.8. The third-order valence-electron chi connectivity index (χ3n) is 3.38. The van der Waals surface area contributed by atoms with Crippen molar-refractivity contribution in [3.8, 4) is 11.8 Å². The molecule has 1 fully saturated rings. The molecule has 0 bridgehead atoms. The Bertz CT molecular complexity index is 552. The van der Waals surface area contributed by atoms with Crippen LogP contribution in [-0.4, -0.2) is 16.3 Å². The van der Waals surface area contributed by atoms with Gasteiger partial charge in [0.15, 0.2) is 0 Å². The van der Waals surface area contributed by atoms with Crippen molar-refractivity contribution in [2.75, 3.05) is 11.9 Å². The summed E-state index contributed by atoms with van der Waals surface area (Å²) in [4.78, 5) is 12.2. The Morgan fingerprint density at radius 1 is 1.58 bits per heavy atom. The van der Waals surface area contributed by atoms with Gasteiger partial charge >= 0.3 is 0 Å². The molecule has 0 amide bonds. The highest BCUT2D eigenvalue weighted by Crippen LogP contribution is 2.27. The van der Waals surface area contributed by atoms with Crippen LogP contribution >= 0.6 is 11.6 Å². The van der Waals surface area contributed by atoms with Crippen LogP contribution in [0.3, 0.4) is 0 Å². The quantitative estimate of drug-likeness (QED) is 0.665. The van der Waals surface area contributed by atoms with E-state index in [1.165, 1.54) is 30.1 Å². The molecule has 102 valence electrons. The molecule has 19 heavy (non-hydrogen) atoms. The molecule has 0 saturated heterocycles. The number of rotatable bonds is 5. The van der Waals surface area contributed by atoms with Crippen LogP contribution in [0.4, 0.5) is 5.69 Å². The molecule has 4 nitrogen and oxygen atoms in total. The predicted molar refractivity (Wildman–Crippen MR) is 77.4 cm³/mol. The van der Waals surface area contributed by atoms with Crippen LogP contribution < -0.4 is 10.9 Å². The molecule has 0 aliphatic heterocycles. The lowest BCUT2D eigenvalue weighted by atomic mass is 9.85. The van der Waals surface area contributed by atoms with Gasteiger partial charge in [0, 0.05) is 19.5 Å². The van der Waals surface area contributed by atoms with E-state index in [-0.39, 0.29) is 5.56 Å². The molecule has 1 N–H and O–H groups in total. The van der Waals surface area contributed by atoms with Crippen LogP contribution in [0.25, 0.3) is 0 Å². The third kappa shape index (κ3) is 3.51. The number of nitrogens with zero attached hydrogens (tertiary/aromatic N) is 2. The minimum atomic E-state index is -0.135. The summed E-state index contributed by atoms with van der Waals surface area (Å²) in [5.74, 6) is 6.35. The fourth-order valence-electron chi connectivity index (χ4n) is 2.05. The summed E-state index contributed by atoms with van der Waals surface area (Å²) in [5.41, 5.74) is 0.303. The second kappa shape index (κ2) is 6.63. The molecule has 5 heteroatoms. The second-order valence-corrected chi connectivity index (χ2v) is 5.16. The molecule has 0 spiro atoms. The van der Waals surface area contributed by atoms with E-state index < -0.39 is 0 Å². The maximum absolute atomic E-state index is 12.2. The molecule has 2 rings (SSSR count). The maximum atomic E-state index is 12.2. The van der Waals surface area contributed by atoms with Gasteiger partial charge in [0.25, 0.3) is 5.56 Å². The van der Waals surface area contributed by atoms with Gasteiger partial charge in [-0.1, -0.05) is 18.0 Å². The third-order valence-corrected chi connectivity index (χ3v) is 3.67. The van der Waals surface area contributed by atoms with Gasteiger partial charge in [0.1, 0.15) is 5.69 Å². The zero-order valence-electron chi connectivity index (χ0n) is 11.1. The van der Waals surface area contributed by atoms with Crippen molar-refractivity contribution < 1.29 is 0 Å². The Morgan fingerprint density at radius 3 is 3.00 bits per heavy atom. The van der Waals surface area contributed by atoms with E-state index in [1.807, 2.05) is 0 Å². The van der Waals surface area contributed by atoms with E-state index >= 15 is 0 Å². The van der Waals surface area contributed by atoms with Crippen molar-refractivity contribution in [2.24, 2.45) is 5.92 Å². The highest BCUT2D eigenvalue weighted by molar-refractivity contribution is 6.32. The van der Waals surface area contributed by atoms with Gasteiger partial charge in [-0.15, -0.1) is 11.8 Å². The Morgan fingerprint density at radius 2 is 2.37 bits per heavy atom. The summed E-state index contributed by atoms with van der Waals surface area (Å²) < 4.78 is 1.52. The Labute approximate surface area is 118 Å². The average Bonchev–Trinajstić information content (AvgIpc) is 2.35. The van der Waals surface area contributed by atoms with E-state index in [9.17, 15) is 4.79 Å². The number of hydrogen-bond donors (Lipinski definition) is 1.